The van der Waals surface area contributed by atoms with Gasteiger partial charge in [0.15, 0.2) is 0 Å². The molecule has 1 fully saturated rings. The Kier molecular flexibility index (Phi) is 6.40. The molecule has 1 aliphatic rings. The smallest absolute Gasteiger partial charge is 0.335 e. The van der Waals surface area contributed by atoms with E-state index >= 15 is 0 Å². The summed E-state index contributed by atoms with van der Waals surface area (Å²) in [5, 5.41) is 12.5. The number of carbonyl (C=O) groups is 1. The molecule has 0 aromatic heterocycles. The first kappa shape index (κ1) is 17.0. The molecule has 0 unspecified atom stereocenters. The SMILES string of the molecule is CCOCCC1(CNCc2ccc(C(=O)O)cc2)CCCC1. The maximum Gasteiger partial charge on any atom is 0.335 e. The van der Waals surface area contributed by atoms with Crippen LogP contribution in [0.15, 0.2) is 24.3 Å². The Morgan fingerprint density at radius 1 is 1.27 bits per heavy atom. The number of carboxylic acid groups (broad SMARTS) is 1. The molecule has 0 aliphatic heterocycles. The molecule has 2 N–H and O–H groups in total. The number of nitrogens with one attached hydrogen (secondary N) is 1. The van der Waals surface area contributed by atoms with Crippen LogP contribution in [0, 0.1) is 5.41 Å². The highest BCUT2D eigenvalue weighted by Gasteiger charge is 2.32. The normalized spacial score (nSPS) is 16.8. The van der Waals surface area contributed by atoms with Crippen LogP contribution in [0.3, 0.4) is 0 Å². The molecule has 22 heavy (non-hydrogen) atoms. The first-order valence-corrected chi connectivity index (χ1v) is 8.26. The van der Waals surface area contributed by atoms with Crippen LogP contribution in [0.5, 0.6) is 0 Å². The Morgan fingerprint density at radius 2 is 1.95 bits per heavy atom. The Morgan fingerprint density at radius 3 is 2.55 bits per heavy atom. The number of aromatic carboxylic acids is 1. The molecule has 0 spiro atoms. The average molecular weight is 305 g/mol. The fourth-order valence-corrected chi connectivity index (χ4v) is 3.31. The van der Waals surface area contributed by atoms with Crippen molar-refractivity contribution in [3.8, 4) is 0 Å². The van der Waals surface area contributed by atoms with Crippen molar-refractivity contribution in [1.29, 1.82) is 0 Å². The maximum atomic E-state index is 10.8. The van der Waals surface area contributed by atoms with Gasteiger partial charge in [-0.05, 0) is 49.3 Å². The van der Waals surface area contributed by atoms with Crippen molar-refractivity contribution in [3.05, 3.63) is 35.4 Å². The quantitative estimate of drug-likeness (QED) is 0.686. The van der Waals surface area contributed by atoms with Gasteiger partial charge in [-0.25, -0.2) is 4.79 Å². The van der Waals surface area contributed by atoms with Crippen LogP contribution in [0.1, 0.15) is 54.9 Å². The highest BCUT2D eigenvalue weighted by atomic mass is 16.5. The van der Waals surface area contributed by atoms with Crippen molar-refractivity contribution >= 4 is 5.97 Å². The number of ether oxygens (including phenoxy) is 1. The van der Waals surface area contributed by atoms with Gasteiger partial charge in [0.05, 0.1) is 5.56 Å². The molecular formula is C18H27NO3. The van der Waals surface area contributed by atoms with Crippen molar-refractivity contribution in [2.24, 2.45) is 5.41 Å². The van der Waals surface area contributed by atoms with E-state index in [0.29, 0.717) is 11.0 Å². The zero-order valence-corrected chi connectivity index (χ0v) is 13.4. The van der Waals surface area contributed by atoms with E-state index in [1.54, 1.807) is 12.1 Å². The van der Waals surface area contributed by atoms with Gasteiger partial charge in [0.25, 0.3) is 0 Å². The lowest BCUT2D eigenvalue weighted by Crippen LogP contribution is -2.33. The van der Waals surface area contributed by atoms with Crippen LogP contribution >= 0.6 is 0 Å². The van der Waals surface area contributed by atoms with Gasteiger partial charge in [-0.3, -0.25) is 0 Å². The molecule has 4 heteroatoms. The maximum absolute atomic E-state index is 10.8. The summed E-state index contributed by atoms with van der Waals surface area (Å²) >= 11 is 0. The molecular weight excluding hydrogens is 278 g/mol. The van der Waals surface area contributed by atoms with Crippen molar-refractivity contribution in [3.63, 3.8) is 0 Å². The molecule has 0 atom stereocenters. The Hall–Kier alpha value is -1.39. The molecule has 0 radical (unpaired) electrons. The zero-order chi connectivity index (χ0) is 15.8. The first-order chi connectivity index (χ1) is 10.7. The lowest BCUT2D eigenvalue weighted by atomic mass is 9.83. The predicted molar refractivity (Wildman–Crippen MR) is 87.1 cm³/mol. The molecule has 2 rings (SSSR count). The molecule has 1 aliphatic carbocycles. The molecule has 0 bridgehead atoms. The summed E-state index contributed by atoms with van der Waals surface area (Å²) in [6, 6.07) is 7.11. The third kappa shape index (κ3) is 4.82. The van der Waals surface area contributed by atoms with Gasteiger partial charge >= 0.3 is 5.97 Å². The Labute approximate surface area is 132 Å². The van der Waals surface area contributed by atoms with E-state index in [4.69, 9.17) is 9.84 Å². The van der Waals surface area contributed by atoms with Crippen molar-refractivity contribution < 1.29 is 14.6 Å². The molecule has 1 saturated carbocycles. The largest absolute Gasteiger partial charge is 0.478 e. The minimum atomic E-state index is -0.875. The van der Waals surface area contributed by atoms with Crippen molar-refractivity contribution in [2.45, 2.75) is 45.6 Å². The lowest BCUT2D eigenvalue weighted by Gasteiger charge is -2.29. The van der Waals surface area contributed by atoms with Crippen LogP contribution in [0.4, 0.5) is 0 Å². The van der Waals surface area contributed by atoms with E-state index in [0.717, 1.165) is 38.3 Å². The first-order valence-electron chi connectivity index (χ1n) is 8.26. The minimum Gasteiger partial charge on any atom is -0.478 e. The number of benzene rings is 1. The number of carboxylic acids is 1. The second-order valence-electron chi connectivity index (χ2n) is 6.26. The van der Waals surface area contributed by atoms with E-state index in [1.165, 1.54) is 25.7 Å². The topological polar surface area (TPSA) is 58.6 Å². The van der Waals surface area contributed by atoms with Crippen molar-refractivity contribution in [2.75, 3.05) is 19.8 Å². The van der Waals surface area contributed by atoms with E-state index < -0.39 is 5.97 Å². The summed E-state index contributed by atoms with van der Waals surface area (Å²) in [5.41, 5.74) is 1.85. The van der Waals surface area contributed by atoms with Crippen LogP contribution < -0.4 is 5.32 Å². The summed E-state index contributed by atoms with van der Waals surface area (Å²) in [4.78, 5) is 10.8. The van der Waals surface area contributed by atoms with E-state index in [2.05, 4.69) is 5.32 Å². The number of hydrogen-bond acceptors (Lipinski definition) is 3. The summed E-state index contributed by atoms with van der Waals surface area (Å²) in [5.74, 6) is -0.875. The molecule has 0 heterocycles. The van der Waals surface area contributed by atoms with Crippen molar-refractivity contribution in [1.82, 2.24) is 5.32 Å². The van der Waals surface area contributed by atoms with Gasteiger partial charge in [-0.15, -0.1) is 0 Å². The van der Waals surface area contributed by atoms with E-state index in [9.17, 15) is 4.79 Å². The molecule has 1 aromatic carbocycles. The standard InChI is InChI=1S/C18H27NO3/c1-2-22-12-11-18(9-3-4-10-18)14-19-13-15-5-7-16(8-6-15)17(20)21/h5-8,19H,2-4,9-14H2,1H3,(H,20,21). The van der Waals surface area contributed by atoms with Gasteiger partial charge < -0.3 is 15.2 Å². The van der Waals surface area contributed by atoms with E-state index in [-0.39, 0.29) is 0 Å². The Balaban J connectivity index is 1.81. The Bertz CT molecular complexity index is 464. The zero-order valence-electron chi connectivity index (χ0n) is 13.4. The van der Waals surface area contributed by atoms with Crippen LogP contribution in [-0.4, -0.2) is 30.8 Å². The van der Waals surface area contributed by atoms with Gasteiger partial charge in [0.1, 0.15) is 0 Å². The third-order valence-corrected chi connectivity index (χ3v) is 4.68. The lowest BCUT2D eigenvalue weighted by molar-refractivity contribution is 0.0697. The second kappa shape index (κ2) is 8.30. The molecule has 0 amide bonds. The minimum absolute atomic E-state index is 0.340. The van der Waals surface area contributed by atoms with Gasteiger partial charge in [-0.2, -0.15) is 0 Å². The van der Waals surface area contributed by atoms with Gasteiger partial charge in [0, 0.05) is 26.3 Å². The van der Waals surface area contributed by atoms with Gasteiger partial charge in [0.2, 0.25) is 0 Å². The molecule has 4 nitrogen and oxygen atoms in total. The van der Waals surface area contributed by atoms with Crippen LogP contribution in [0.25, 0.3) is 0 Å². The van der Waals surface area contributed by atoms with Crippen LogP contribution in [-0.2, 0) is 11.3 Å². The molecule has 0 saturated heterocycles. The second-order valence-corrected chi connectivity index (χ2v) is 6.26. The van der Waals surface area contributed by atoms with Gasteiger partial charge in [-0.1, -0.05) is 25.0 Å². The highest BCUT2D eigenvalue weighted by molar-refractivity contribution is 5.87. The van der Waals surface area contributed by atoms with E-state index in [1.807, 2.05) is 19.1 Å². The summed E-state index contributed by atoms with van der Waals surface area (Å²) in [6.07, 6.45) is 6.34. The summed E-state index contributed by atoms with van der Waals surface area (Å²) in [6.45, 7) is 5.49. The highest BCUT2D eigenvalue weighted by Crippen LogP contribution is 2.40. The number of hydrogen-bond donors (Lipinski definition) is 2. The molecule has 1 aromatic rings. The predicted octanol–water partition coefficient (Wildman–Crippen LogP) is 3.46. The third-order valence-electron chi connectivity index (χ3n) is 4.68. The average Bonchev–Trinajstić information content (AvgIpc) is 2.97. The van der Waals surface area contributed by atoms with Crippen LogP contribution in [0.2, 0.25) is 0 Å². The molecule has 122 valence electrons. The summed E-state index contributed by atoms with van der Waals surface area (Å²) < 4.78 is 5.54. The fourth-order valence-electron chi connectivity index (χ4n) is 3.31. The monoisotopic (exact) mass is 305 g/mol. The number of rotatable bonds is 9. The fraction of sp³-hybridized carbons (Fsp3) is 0.611. The summed E-state index contributed by atoms with van der Waals surface area (Å²) in [7, 11) is 0.